The first-order valence-electron chi connectivity index (χ1n) is 9.42. The summed E-state index contributed by atoms with van der Waals surface area (Å²) >= 11 is 0. The molecule has 0 spiro atoms. The van der Waals surface area contributed by atoms with Gasteiger partial charge in [0, 0.05) is 42.6 Å². The zero-order chi connectivity index (χ0) is 21.2. The van der Waals surface area contributed by atoms with E-state index in [0.717, 1.165) is 12.3 Å². The molecule has 1 saturated carbocycles. The highest BCUT2D eigenvalue weighted by Gasteiger charge is 2.43. The summed E-state index contributed by atoms with van der Waals surface area (Å²) in [6.45, 7) is 3.09. The fourth-order valence-electron chi connectivity index (χ4n) is 4.39. The van der Waals surface area contributed by atoms with Gasteiger partial charge in [0.25, 0.3) is 0 Å². The lowest BCUT2D eigenvalue weighted by molar-refractivity contribution is 0.0694. The fourth-order valence-corrected chi connectivity index (χ4v) is 4.39. The van der Waals surface area contributed by atoms with Crippen molar-refractivity contribution in [2.75, 3.05) is 24.7 Å². The van der Waals surface area contributed by atoms with E-state index in [0.29, 0.717) is 11.1 Å². The Hall–Kier alpha value is -2.55. The van der Waals surface area contributed by atoms with Gasteiger partial charge in [0.05, 0.1) is 23.9 Å². The molecule has 4 rings (SSSR count). The van der Waals surface area contributed by atoms with E-state index in [9.17, 15) is 23.5 Å². The van der Waals surface area contributed by atoms with Crippen LogP contribution in [0, 0.1) is 18.7 Å². The van der Waals surface area contributed by atoms with E-state index in [1.54, 1.807) is 18.7 Å². The molecule has 156 valence electrons. The first-order valence-corrected chi connectivity index (χ1v) is 9.42. The van der Waals surface area contributed by atoms with E-state index in [1.165, 1.54) is 4.57 Å². The van der Waals surface area contributed by atoms with Crippen molar-refractivity contribution in [3.8, 4) is 0 Å². The number of hydrogen-bond donors (Lipinski definition) is 2. The van der Waals surface area contributed by atoms with Crippen LogP contribution in [-0.2, 0) is 0 Å². The summed E-state index contributed by atoms with van der Waals surface area (Å²) in [7, 11) is 0. The maximum absolute atomic E-state index is 15.1. The lowest BCUT2D eigenvalue weighted by atomic mass is 9.92. The number of aryl methyl sites for hydroxylation is 1. The summed E-state index contributed by atoms with van der Waals surface area (Å²) in [6.07, 6.45) is 0.163. The molecule has 6 nitrogen and oxygen atoms in total. The largest absolute Gasteiger partial charge is 0.477 e. The van der Waals surface area contributed by atoms with E-state index in [2.05, 4.69) is 0 Å². The maximum Gasteiger partial charge on any atom is 0.341 e. The van der Waals surface area contributed by atoms with Gasteiger partial charge in [-0.2, -0.15) is 0 Å². The molecule has 29 heavy (non-hydrogen) atoms. The minimum absolute atomic E-state index is 0.112. The quantitative estimate of drug-likeness (QED) is 0.810. The van der Waals surface area contributed by atoms with Crippen LogP contribution in [0.2, 0.25) is 0 Å². The van der Waals surface area contributed by atoms with Crippen LogP contribution < -0.4 is 16.1 Å². The molecule has 9 heteroatoms. The molecule has 3 N–H and O–H groups in total. The van der Waals surface area contributed by atoms with Crippen molar-refractivity contribution in [3.05, 3.63) is 39.4 Å². The average molecular weight is 409 g/mol. The number of carbonyl (C=O) groups is 1. The zero-order valence-electron chi connectivity index (χ0n) is 16.1. The van der Waals surface area contributed by atoms with Gasteiger partial charge in [-0.05, 0) is 25.5 Å². The van der Waals surface area contributed by atoms with Crippen molar-refractivity contribution in [2.24, 2.45) is 11.7 Å². The van der Waals surface area contributed by atoms with Gasteiger partial charge in [-0.25, -0.2) is 13.6 Å². The number of pyridine rings is 1. The van der Waals surface area contributed by atoms with Gasteiger partial charge in [-0.15, -0.1) is 0 Å². The molecule has 2 aliphatic rings. The number of nitrogens with zero attached hydrogens (tertiary/aromatic N) is 2. The number of anilines is 1. The standard InChI is InChI=1S/C20H22F3N3O3/c1-9-16-11(18(27)12(19(28)29)7-26(16)15-4-13(15)22)3-14(23)17(9)25-6-10(5-21)20(2,24)8-25/h3,7,10,13,15H,4-6,8,24H2,1-2H3,(H,28,29)/t10?,13-,15?,20?/m0/s1. The van der Waals surface area contributed by atoms with Crippen LogP contribution in [0.15, 0.2) is 17.1 Å². The summed E-state index contributed by atoms with van der Waals surface area (Å²) < 4.78 is 43.8. The second-order valence-electron chi connectivity index (χ2n) is 8.37. The number of aromatic carboxylic acids is 1. The minimum atomic E-state index is -1.45. The van der Waals surface area contributed by atoms with Gasteiger partial charge in [0.1, 0.15) is 17.6 Å². The summed E-state index contributed by atoms with van der Waals surface area (Å²) in [5, 5.41) is 9.23. The van der Waals surface area contributed by atoms with Crippen molar-refractivity contribution < 1.29 is 23.1 Å². The summed E-state index contributed by atoms with van der Waals surface area (Å²) in [6, 6.07) is 0.389. The Morgan fingerprint density at radius 1 is 1.45 bits per heavy atom. The SMILES string of the molecule is Cc1c(N2CC(CF)C(C)(N)C2)c(F)cc2c(=O)c(C(=O)O)cn(C3C[C@@H]3F)c12. The van der Waals surface area contributed by atoms with Crippen LogP contribution >= 0.6 is 0 Å². The molecule has 2 heterocycles. The number of carboxylic acids is 1. The normalized spacial score (nSPS) is 28.9. The number of rotatable bonds is 4. The molecule has 2 fully saturated rings. The number of halogens is 3. The van der Waals surface area contributed by atoms with E-state index in [1.807, 2.05) is 0 Å². The Bertz CT molecular complexity index is 1080. The molecular formula is C20H22F3N3O3. The number of hydrogen-bond acceptors (Lipinski definition) is 4. The van der Waals surface area contributed by atoms with Crippen molar-refractivity contribution >= 4 is 22.6 Å². The third-order valence-electron chi connectivity index (χ3n) is 6.15. The molecule has 3 unspecified atom stereocenters. The number of benzene rings is 1. The summed E-state index contributed by atoms with van der Waals surface area (Å²) in [4.78, 5) is 25.8. The summed E-state index contributed by atoms with van der Waals surface area (Å²) in [5.41, 5.74) is 4.83. The van der Waals surface area contributed by atoms with Gasteiger partial charge < -0.3 is 20.3 Å². The monoisotopic (exact) mass is 409 g/mol. The average Bonchev–Trinajstić information content (AvgIpc) is 3.27. The Labute approximate surface area is 164 Å². The molecular weight excluding hydrogens is 387 g/mol. The molecule has 1 aliphatic heterocycles. The van der Waals surface area contributed by atoms with Gasteiger partial charge in [-0.1, -0.05) is 0 Å². The minimum Gasteiger partial charge on any atom is -0.477 e. The molecule has 4 atom stereocenters. The van der Waals surface area contributed by atoms with Gasteiger partial charge in [0.2, 0.25) is 5.43 Å². The summed E-state index contributed by atoms with van der Waals surface area (Å²) in [5.74, 6) is -2.65. The van der Waals surface area contributed by atoms with Crippen LogP contribution in [0.4, 0.5) is 18.9 Å². The number of nitrogens with two attached hydrogens (primary N) is 1. The second kappa shape index (κ2) is 6.48. The van der Waals surface area contributed by atoms with Crippen LogP contribution in [-0.4, -0.2) is 47.1 Å². The van der Waals surface area contributed by atoms with Gasteiger partial charge in [0.15, 0.2) is 0 Å². The van der Waals surface area contributed by atoms with Crippen LogP contribution in [0.3, 0.4) is 0 Å². The Morgan fingerprint density at radius 3 is 2.62 bits per heavy atom. The van der Waals surface area contributed by atoms with E-state index >= 15 is 4.39 Å². The van der Waals surface area contributed by atoms with Crippen LogP contribution in [0.1, 0.15) is 35.3 Å². The van der Waals surface area contributed by atoms with E-state index in [4.69, 9.17) is 5.73 Å². The Balaban J connectivity index is 1.97. The Kier molecular flexibility index (Phi) is 4.41. The molecule has 1 saturated heterocycles. The predicted octanol–water partition coefficient (Wildman–Crippen LogP) is 2.55. The molecule has 1 aliphatic carbocycles. The van der Waals surface area contributed by atoms with Crippen LogP contribution in [0.25, 0.3) is 10.9 Å². The van der Waals surface area contributed by atoms with E-state index in [-0.39, 0.29) is 30.6 Å². The molecule has 0 radical (unpaired) electrons. The van der Waals surface area contributed by atoms with Gasteiger partial charge >= 0.3 is 5.97 Å². The molecule has 1 aromatic carbocycles. The number of fused-ring (bicyclic) bond motifs is 1. The lowest BCUT2D eigenvalue weighted by Gasteiger charge is -2.26. The molecule has 1 aromatic heterocycles. The van der Waals surface area contributed by atoms with Crippen molar-refractivity contribution in [1.82, 2.24) is 4.57 Å². The molecule has 2 aromatic rings. The highest BCUT2D eigenvalue weighted by Crippen LogP contribution is 2.43. The van der Waals surface area contributed by atoms with Crippen molar-refractivity contribution in [2.45, 2.75) is 38.0 Å². The third-order valence-corrected chi connectivity index (χ3v) is 6.15. The third kappa shape index (κ3) is 2.99. The second-order valence-corrected chi connectivity index (χ2v) is 8.37. The predicted molar refractivity (Wildman–Crippen MR) is 103 cm³/mol. The highest BCUT2D eigenvalue weighted by atomic mass is 19.1. The molecule has 0 bridgehead atoms. The highest BCUT2D eigenvalue weighted by molar-refractivity contribution is 5.95. The lowest BCUT2D eigenvalue weighted by Crippen LogP contribution is -2.45. The van der Waals surface area contributed by atoms with Crippen LogP contribution in [0.5, 0.6) is 0 Å². The van der Waals surface area contributed by atoms with E-state index < -0.39 is 53.1 Å². The number of aromatic nitrogens is 1. The number of alkyl halides is 2. The first kappa shape index (κ1) is 19.8. The molecule has 0 amide bonds. The zero-order valence-corrected chi connectivity index (χ0v) is 16.1. The topological polar surface area (TPSA) is 88.6 Å². The van der Waals surface area contributed by atoms with Gasteiger partial charge in [-0.3, -0.25) is 9.18 Å². The number of carboxylic acid groups (broad SMARTS) is 1. The Morgan fingerprint density at radius 2 is 2.10 bits per heavy atom. The van der Waals surface area contributed by atoms with Crippen molar-refractivity contribution in [1.29, 1.82) is 0 Å². The fraction of sp³-hybridized carbons (Fsp3) is 0.500. The smallest absolute Gasteiger partial charge is 0.341 e. The maximum atomic E-state index is 15.1. The first-order chi connectivity index (χ1) is 13.6. The van der Waals surface area contributed by atoms with Crippen molar-refractivity contribution in [3.63, 3.8) is 0 Å².